The van der Waals surface area contributed by atoms with Gasteiger partial charge in [0.2, 0.25) is 0 Å². The molecule has 1 unspecified atom stereocenters. The van der Waals surface area contributed by atoms with Crippen LogP contribution in [0.4, 0.5) is 4.39 Å². The Bertz CT molecular complexity index is 456. The molecular formula is C11H9BrFNO. The minimum atomic E-state index is -0.936. The zero-order valence-corrected chi connectivity index (χ0v) is 9.33. The second kappa shape index (κ2) is 4.16. The normalized spacial score (nSPS) is 12.7. The first-order valence-electron chi connectivity index (χ1n) is 4.44. The number of aliphatic hydroxyl groups excluding tert-OH is 1. The molecule has 1 aromatic carbocycles. The summed E-state index contributed by atoms with van der Waals surface area (Å²) in [6, 6.07) is 6.22. The molecule has 4 heteroatoms. The second-order valence-corrected chi connectivity index (χ2v) is 4.13. The highest BCUT2D eigenvalue weighted by molar-refractivity contribution is 9.10. The summed E-state index contributed by atoms with van der Waals surface area (Å²) in [4.78, 5) is 2.82. The summed E-state index contributed by atoms with van der Waals surface area (Å²) in [6.07, 6.45) is 2.40. The molecule has 0 radical (unpaired) electrons. The third kappa shape index (κ3) is 2.11. The number of nitrogens with one attached hydrogen (secondary N) is 1. The maximum atomic E-state index is 13.4. The summed E-state index contributed by atoms with van der Waals surface area (Å²) < 4.78 is 14.2. The SMILES string of the molecule is OC(c1cc[nH]c1)c1cc(Br)ccc1F. The number of aromatic nitrogens is 1. The molecule has 1 aromatic heterocycles. The van der Waals surface area contributed by atoms with Crippen LogP contribution in [0.25, 0.3) is 0 Å². The number of aliphatic hydroxyl groups is 1. The molecule has 0 saturated carbocycles. The molecule has 2 aromatic rings. The van der Waals surface area contributed by atoms with Crippen LogP contribution in [0.2, 0.25) is 0 Å². The van der Waals surface area contributed by atoms with Crippen molar-refractivity contribution in [2.45, 2.75) is 6.10 Å². The standard InChI is InChI=1S/C11H9BrFNO/c12-8-1-2-10(13)9(5-8)11(15)7-3-4-14-6-7/h1-6,11,14-15H. The van der Waals surface area contributed by atoms with Crippen LogP contribution in [-0.4, -0.2) is 10.1 Å². The Labute approximate surface area is 94.9 Å². The van der Waals surface area contributed by atoms with Gasteiger partial charge in [0, 0.05) is 28.0 Å². The van der Waals surface area contributed by atoms with Gasteiger partial charge in [-0.25, -0.2) is 4.39 Å². The fraction of sp³-hybridized carbons (Fsp3) is 0.0909. The molecule has 0 spiro atoms. The highest BCUT2D eigenvalue weighted by atomic mass is 79.9. The lowest BCUT2D eigenvalue weighted by Crippen LogP contribution is -2.01. The molecule has 0 bridgehead atoms. The molecule has 0 aliphatic carbocycles. The van der Waals surface area contributed by atoms with E-state index in [0.717, 1.165) is 4.47 Å². The second-order valence-electron chi connectivity index (χ2n) is 3.21. The predicted molar refractivity (Wildman–Crippen MR) is 59.0 cm³/mol. The van der Waals surface area contributed by atoms with Gasteiger partial charge in [0.25, 0.3) is 0 Å². The quantitative estimate of drug-likeness (QED) is 0.864. The third-order valence-electron chi connectivity index (χ3n) is 2.19. The summed E-state index contributed by atoms with van der Waals surface area (Å²) in [7, 11) is 0. The average molecular weight is 270 g/mol. The van der Waals surface area contributed by atoms with Gasteiger partial charge in [-0.05, 0) is 24.3 Å². The van der Waals surface area contributed by atoms with E-state index in [0.29, 0.717) is 5.56 Å². The van der Waals surface area contributed by atoms with E-state index in [1.165, 1.54) is 6.07 Å². The third-order valence-corrected chi connectivity index (χ3v) is 2.68. The highest BCUT2D eigenvalue weighted by Gasteiger charge is 2.15. The van der Waals surface area contributed by atoms with Gasteiger partial charge in [-0.2, -0.15) is 0 Å². The monoisotopic (exact) mass is 269 g/mol. The van der Waals surface area contributed by atoms with Gasteiger partial charge in [0.1, 0.15) is 11.9 Å². The van der Waals surface area contributed by atoms with Gasteiger partial charge in [0.15, 0.2) is 0 Å². The van der Waals surface area contributed by atoms with Gasteiger partial charge in [-0.3, -0.25) is 0 Å². The van der Waals surface area contributed by atoms with Crippen LogP contribution >= 0.6 is 15.9 Å². The number of benzene rings is 1. The van der Waals surface area contributed by atoms with Crippen LogP contribution in [0.3, 0.4) is 0 Å². The molecule has 2 N–H and O–H groups in total. The Balaban J connectivity index is 2.41. The fourth-order valence-corrected chi connectivity index (χ4v) is 1.79. The van der Waals surface area contributed by atoms with Crippen molar-refractivity contribution in [2.24, 2.45) is 0 Å². The summed E-state index contributed by atoms with van der Waals surface area (Å²) in [5.41, 5.74) is 0.913. The lowest BCUT2D eigenvalue weighted by Gasteiger charge is -2.10. The molecule has 0 fully saturated rings. The van der Waals surface area contributed by atoms with Crippen LogP contribution in [0, 0.1) is 5.82 Å². The Kier molecular flexibility index (Phi) is 2.88. The summed E-state index contributed by atoms with van der Waals surface area (Å²) in [5.74, 6) is -0.410. The zero-order valence-electron chi connectivity index (χ0n) is 7.74. The summed E-state index contributed by atoms with van der Waals surface area (Å²) >= 11 is 3.24. The molecule has 0 saturated heterocycles. The summed E-state index contributed by atoms with van der Waals surface area (Å²) in [5, 5.41) is 9.91. The van der Waals surface area contributed by atoms with E-state index in [4.69, 9.17) is 0 Å². The summed E-state index contributed by atoms with van der Waals surface area (Å²) in [6.45, 7) is 0. The Hall–Kier alpha value is -1.13. The average Bonchev–Trinajstić information content (AvgIpc) is 2.74. The number of H-pyrrole nitrogens is 1. The number of halogens is 2. The molecule has 1 heterocycles. The van der Waals surface area contributed by atoms with Gasteiger partial charge in [0.05, 0.1) is 0 Å². The Morgan fingerprint density at radius 1 is 1.33 bits per heavy atom. The molecule has 1 atom stereocenters. The first kappa shape index (κ1) is 10.4. The molecule has 0 aliphatic rings. The van der Waals surface area contributed by atoms with E-state index in [2.05, 4.69) is 20.9 Å². The van der Waals surface area contributed by atoms with Gasteiger partial charge < -0.3 is 10.1 Å². The van der Waals surface area contributed by atoms with Crippen molar-refractivity contribution in [3.63, 3.8) is 0 Å². The van der Waals surface area contributed by atoms with Crippen LogP contribution in [0.15, 0.2) is 41.1 Å². The maximum Gasteiger partial charge on any atom is 0.129 e. The van der Waals surface area contributed by atoms with Crippen LogP contribution in [-0.2, 0) is 0 Å². The molecule has 2 nitrogen and oxygen atoms in total. The zero-order chi connectivity index (χ0) is 10.8. The van der Waals surface area contributed by atoms with Crippen molar-refractivity contribution >= 4 is 15.9 Å². The van der Waals surface area contributed by atoms with Crippen molar-refractivity contribution in [3.8, 4) is 0 Å². The van der Waals surface area contributed by atoms with E-state index < -0.39 is 11.9 Å². The van der Waals surface area contributed by atoms with Crippen molar-refractivity contribution in [2.75, 3.05) is 0 Å². The van der Waals surface area contributed by atoms with E-state index in [-0.39, 0.29) is 5.56 Å². The molecule has 0 amide bonds. The lowest BCUT2D eigenvalue weighted by atomic mass is 10.0. The van der Waals surface area contributed by atoms with Crippen LogP contribution < -0.4 is 0 Å². The van der Waals surface area contributed by atoms with Crippen molar-refractivity contribution in [3.05, 3.63) is 58.1 Å². The van der Waals surface area contributed by atoms with Gasteiger partial charge in [-0.15, -0.1) is 0 Å². The minimum absolute atomic E-state index is 0.268. The maximum absolute atomic E-state index is 13.4. The van der Waals surface area contributed by atoms with E-state index in [9.17, 15) is 9.50 Å². The first-order chi connectivity index (χ1) is 7.18. The topological polar surface area (TPSA) is 36.0 Å². The minimum Gasteiger partial charge on any atom is -0.383 e. The largest absolute Gasteiger partial charge is 0.383 e. The van der Waals surface area contributed by atoms with Gasteiger partial charge in [-0.1, -0.05) is 15.9 Å². The lowest BCUT2D eigenvalue weighted by molar-refractivity contribution is 0.215. The number of aromatic amines is 1. The van der Waals surface area contributed by atoms with Gasteiger partial charge >= 0.3 is 0 Å². The van der Waals surface area contributed by atoms with E-state index in [1.54, 1.807) is 30.6 Å². The molecule has 0 aliphatic heterocycles. The number of hydrogen-bond acceptors (Lipinski definition) is 1. The van der Waals surface area contributed by atoms with Crippen molar-refractivity contribution in [1.82, 2.24) is 4.98 Å². The van der Waals surface area contributed by atoms with Crippen LogP contribution in [0.5, 0.6) is 0 Å². The first-order valence-corrected chi connectivity index (χ1v) is 5.23. The molecular weight excluding hydrogens is 261 g/mol. The van der Waals surface area contributed by atoms with E-state index >= 15 is 0 Å². The van der Waals surface area contributed by atoms with Crippen molar-refractivity contribution < 1.29 is 9.50 Å². The van der Waals surface area contributed by atoms with Crippen molar-refractivity contribution in [1.29, 1.82) is 0 Å². The van der Waals surface area contributed by atoms with Crippen LogP contribution in [0.1, 0.15) is 17.2 Å². The Morgan fingerprint density at radius 3 is 2.80 bits per heavy atom. The number of hydrogen-bond donors (Lipinski definition) is 2. The predicted octanol–water partition coefficient (Wildman–Crippen LogP) is 3.00. The van der Waals surface area contributed by atoms with E-state index in [1.807, 2.05) is 0 Å². The molecule has 15 heavy (non-hydrogen) atoms. The highest BCUT2D eigenvalue weighted by Crippen LogP contribution is 2.26. The fourth-order valence-electron chi connectivity index (χ4n) is 1.41. The smallest absolute Gasteiger partial charge is 0.129 e. The Morgan fingerprint density at radius 2 is 2.13 bits per heavy atom. The molecule has 2 rings (SSSR count). The molecule has 78 valence electrons. The number of rotatable bonds is 2.